The number of aromatic carboxylic acids is 1. The number of pyridine rings is 1. The molecule has 0 aliphatic heterocycles. The van der Waals surface area contributed by atoms with E-state index in [9.17, 15) is 26.7 Å². The number of aromatic nitrogens is 2. The standard InChI is InChI=1S/C16H12F5NS.C9H7NO2/c1-9-4-6-22-8-10(9)16(23-7-5-13(19)20)14-11(17)2-3-12(18)15(14)21;11-9(12)8-5-6-3-1-2-4-7(6)10-8/h2-6,8,16H,7H2,1H3;1-5,10H,(H,11,12). The topological polar surface area (TPSA) is 66.0 Å². The van der Waals surface area contributed by atoms with Gasteiger partial charge < -0.3 is 10.1 Å². The van der Waals surface area contributed by atoms with Crippen molar-refractivity contribution in [3.05, 3.63) is 113 Å². The van der Waals surface area contributed by atoms with Crippen LogP contribution < -0.4 is 0 Å². The molecule has 2 N–H and O–H groups in total. The Morgan fingerprint density at radius 3 is 2.49 bits per heavy atom. The number of benzene rings is 2. The summed E-state index contributed by atoms with van der Waals surface area (Å²) in [6.07, 6.45) is 1.64. The monoisotopic (exact) mass is 506 g/mol. The summed E-state index contributed by atoms with van der Waals surface area (Å²) in [5, 5.41) is 8.59. The van der Waals surface area contributed by atoms with Gasteiger partial charge >= 0.3 is 5.97 Å². The highest BCUT2D eigenvalue weighted by molar-refractivity contribution is 7.99. The summed E-state index contributed by atoms with van der Waals surface area (Å²) >= 11 is 0.864. The van der Waals surface area contributed by atoms with Crippen molar-refractivity contribution in [2.45, 2.75) is 12.2 Å². The van der Waals surface area contributed by atoms with E-state index in [0.717, 1.165) is 28.7 Å². The number of fused-ring (bicyclic) bond motifs is 1. The number of H-pyrrole nitrogens is 1. The Balaban J connectivity index is 0.000000237. The van der Waals surface area contributed by atoms with E-state index < -0.39 is 40.3 Å². The number of rotatable bonds is 6. The Kier molecular flexibility index (Phi) is 8.64. The molecule has 2 aromatic heterocycles. The number of aromatic amines is 1. The van der Waals surface area contributed by atoms with Crippen LogP contribution in [-0.2, 0) is 0 Å². The van der Waals surface area contributed by atoms with Crippen molar-refractivity contribution in [2.24, 2.45) is 0 Å². The predicted octanol–water partition coefficient (Wildman–Crippen LogP) is 7.28. The zero-order chi connectivity index (χ0) is 25.5. The first-order valence-electron chi connectivity index (χ1n) is 10.2. The third kappa shape index (κ3) is 6.48. The Morgan fingerprint density at radius 2 is 1.83 bits per heavy atom. The van der Waals surface area contributed by atoms with Gasteiger partial charge in [0.25, 0.3) is 6.08 Å². The Hall–Kier alpha value is -3.66. The fourth-order valence-electron chi connectivity index (χ4n) is 3.26. The Morgan fingerprint density at radius 1 is 1.11 bits per heavy atom. The van der Waals surface area contributed by atoms with Crippen LogP contribution in [0, 0.1) is 24.4 Å². The van der Waals surface area contributed by atoms with Crippen molar-refractivity contribution in [1.29, 1.82) is 0 Å². The van der Waals surface area contributed by atoms with Gasteiger partial charge in [-0.3, -0.25) is 4.98 Å². The van der Waals surface area contributed by atoms with E-state index in [4.69, 9.17) is 5.11 Å². The average molecular weight is 506 g/mol. The highest BCUT2D eigenvalue weighted by Gasteiger charge is 2.26. The van der Waals surface area contributed by atoms with Gasteiger partial charge in [0.2, 0.25) is 0 Å². The zero-order valence-corrected chi connectivity index (χ0v) is 19.1. The molecule has 0 saturated heterocycles. The van der Waals surface area contributed by atoms with E-state index in [-0.39, 0.29) is 11.4 Å². The largest absolute Gasteiger partial charge is 0.477 e. The molecule has 0 aliphatic rings. The summed E-state index contributed by atoms with van der Waals surface area (Å²) in [6.45, 7) is 1.70. The van der Waals surface area contributed by atoms with E-state index in [1.54, 1.807) is 19.1 Å². The summed E-state index contributed by atoms with van der Waals surface area (Å²) in [5.41, 5.74) is 1.70. The first-order valence-corrected chi connectivity index (χ1v) is 11.2. The van der Waals surface area contributed by atoms with Crippen molar-refractivity contribution in [2.75, 3.05) is 5.75 Å². The van der Waals surface area contributed by atoms with Crippen molar-refractivity contribution >= 4 is 28.6 Å². The van der Waals surface area contributed by atoms with Gasteiger partial charge in [0.1, 0.15) is 11.5 Å². The second-order valence-corrected chi connectivity index (χ2v) is 8.41. The van der Waals surface area contributed by atoms with Crippen LogP contribution in [0.3, 0.4) is 0 Å². The molecule has 0 bridgehead atoms. The van der Waals surface area contributed by atoms with Crippen LogP contribution in [0.4, 0.5) is 22.0 Å². The number of carboxylic acid groups (broad SMARTS) is 1. The van der Waals surface area contributed by atoms with E-state index in [2.05, 4.69) is 9.97 Å². The molecule has 10 heteroatoms. The van der Waals surface area contributed by atoms with Crippen molar-refractivity contribution < 1.29 is 31.9 Å². The molecule has 0 saturated carbocycles. The first-order chi connectivity index (χ1) is 16.7. The zero-order valence-electron chi connectivity index (χ0n) is 18.2. The Labute approximate surface area is 201 Å². The molecule has 4 aromatic rings. The molecule has 1 unspecified atom stereocenters. The van der Waals surface area contributed by atoms with E-state index in [0.29, 0.717) is 23.3 Å². The number of aryl methyl sites for hydroxylation is 1. The van der Waals surface area contributed by atoms with Gasteiger partial charge in [-0.25, -0.2) is 18.0 Å². The van der Waals surface area contributed by atoms with Crippen LogP contribution in [-0.4, -0.2) is 26.8 Å². The lowest BCUT2D eigenvalue weighted by molar-refractivity contribution is 0.0691. The molecule has 0 radical (unpaired) electrons. The second-order valence-electron chi connectivity index (χ2n) is 7.27. The number of nitrogens with one attached hydrogen (secondary N) is 1. The number of carbonyl (C=O) groups is 1. The smallest absolute Gasteiger partial charge is 0.352 e. The SMILES string of the molecule is Cc1ccncc1C(SCC=C(F)F)c1c(F)ccc(F)c1F.O=C(O)c1cc2ccccc2[nH]1. The molecule has 0 aliphatic carbocycles. The summed E-state index contributed by atoms with van der Waals surface area (Å²) in [5.74, 6) is -4.56. The molecular weight excluding hydrogens is 487 g/mol. The van der Waals surface area contributed by atoms with Crippen LogP contribution in [0.1, 0.15) is 32.4 Å². The number of nitrogens with zero attached hydrogens (tertiary/aromatic N) is 1. The van der Waals surface area contributed by atoms with E-state index in [1.165, 1.54) is 12.4 Å². The average Bonchev–Trinajstić information content (AvgIpc) is 3.26. The van der Waals surface area contributed by atoms with Gasteiger partial charge in [-0.05, 0) is 54.5 Å². The third-order valence-corrected chi connectivity index (χ3v) is 6.15. The van der Waals surface area contributed by atoms with Crippen LogP contribution in [0.2, 0.25) is 0 Å². The van der Waals surface area contributed by atoms with E-state index >= 15 is 0 Å². The minimum absolute atomic E-state index is 0.184. The van der Waals surface area contributed by atoms with Gasteiger partial charge in [0, 0.05) is 34.6 Å². The highest BCUT2D eigenvalue weighted by Crippen LogP contribution is 2.40. The van der Waals surface area contributed by atoms with Crippen LogP contribution in [0.15, 0.2) is 73.1 Å². The lowest BCUT2D eigenvalue weighted by atomic mass is 10.0. The normalized spacial score (nSPS) is 11.5. The molecule has 1 atom stereocenters. The number of para-hydroxylation sites is 1. The number of halogens is 5. The second kappa shape index (κ2) is 11.7. The third-order valence-electron chi connectivity index (χ3n) is 4.96. The van der Waals surface area contributed by atoms with Gasteiger partial charge in [0.15, 0.2) is 11.6 Å². The van der Waals surface area contributed by atoms with E-state index in [1.807, 2.05) is 24.3 Å². The minimum atomic E-state index is -1.89. The molecule has 0 spiro atoms. The maximum absolute atomic E-state index is 14.1. The summed E-state index contributed by atoms with van der Waals surface area (Å²) in [7, 11) is 0. The van der Waals surface area contributed by atoms with Gasteiger partial charge in [-0.2, -0.15) is 8.78 Å². The fraction of sp³-hybridized carbons (Fsp3) is 0.120. The number of thioether (sulfide) groups is 1. The first kappa shape index (κ1) is 26.0. The lowest BCUT2D eigenvalue weighted by Crippen LogP contribution is -2.08. The molecule has 4 nitrogen and oxygen atoms in total. The molecule has 0 fully saturated rings. The Bertz CT molecular complexity index is 1340. The van der Waals surface area contributed by atoms with Gasteiger partial charge in [0.05, 0.1) is 5.25 Å². The highest BCUT2D eigenvalue weighted by atomic mass is 32.2. The van der Waals surface area contributed by atoms with Crippen LogP contribution in [0.5, 0.6) is 0 Å². The summed E-state index contributed by atoms with van der Waals surface area (Å²) in [6, 6.07) is 12.2. The summed E-state index contributed by atoms with van der Waals surface area (Å²) in [4.78, 5) is 17.2. The number of hydrogen-bond acceptors (Lipinski definition) is 3. The molecular formula is C25H19F5N2O2S. The van der Waals surface area contributed by atoms with Gasteiger partial charge in [-0.15, -0.1) is 11.8 Å². The quantitative estimate of drug-likeness (QED) is 0.213. The van der Waals surface area contributed by atoms with Crippen molar-refractivity contribution in [3.63, 3.8) is 0 Å². The van der Waals surface area contributed by atoms with Crippen molar-refractivity contribution in [3.8, 4) is 0 Å². The lowest BCUT2D eigenvalue weighted by Gasteiger charge is -2.20. The number of carboxylic acids is 1. The molecule has 0 amide bonds. The van der Waals surface area contributed by atoms with Crippen LogP contribution in [0.25, 0.3) is 10.9 Å². The molecule has 4 rings (SSSR count). The maximum atomic E-state index is 14.1. The maximum Gasteiger partial charge on any atom is 0.352 e. The predicted molar refractivity (Wildman–Crippen MR) is 125 cm³/mol. The van der Waals surface area contributed by atoms with Gasteiger partial charge in [-0.1, -0.05) is 18.2 Å². The molecule has 35 heavy (non-hydrogen) atoms. The molecule has 2 aromatic carbocycles. The minimum Gasteiger partial charge on any atom is -0.477 e. The number of hydrogen-bond donors (Lipinski definition) is 2. The van der Waals surface area contributed by atoms with Crippen LogP contribution >= 0.6 is 11.8 Å². The van der Waals surface area contributed by atoms with Crippen molar-refractivity contribution in [1.82, 2.24) is 9.97 Å². The molecule has 2 heterocycles. The molecule has 182 valence electrons. The summed E-state index contributed by atoms with van der Waals surface area (Å²) < 4.78 is 66.1. The fourth-order valence-corrected chi connectivity index (χ4v) is 4.48.